The summed E-state index contributed by atoms with van der Waals surface area (Å²) in [6.45, 7) is 2.00. The second kappa shape index (κ2) is 5.87. The monoisotopic (exact) mass is 248 g/mol. The average Bonchev–Trinajstić information content (AvgIpc) is 2.33. The highest BCUT2D eigenvalue weighted by atomic mass is 16.2. The molecule has 6 heteroatoms. The Hall–Kier alpha value is -2.29. The van der Waals surface area contributed by atoms with E-state index in [0.29, 0.717) is 12.2 Å². The average molecular weight is 248 g/mol. The van der Waals surface area contributed by atoms with Crippen molar-refractivity contribution in [3.8, 4) is 6.07 Å². The van der Waals surface area contributed by atoms with Gasteiger partial charge in [-0.25, -0.2) is 0 Å². The molecule has 0 aliphatic carbocycles. The Morgan fingerprint density at radius 1 is 1.61 bits per heavy atom. The summed E-state index contributed by atoms with van der Waals surface area (Å²) in [7, 11) is 1.60. The quantitative estimate of drug-likeness (QED) is 0.814. The Balaban J connectivity index is 2.73. The van der Waals surface area contributed by atoms with Gasteiger partial charge in [0.1, 0.15) is 6.54 Å². The third-order valence-electron chi connectivity index (χ3n) is 2.51. The van der Waals surface area contributed by atoms with Crippen molar-refractivity contribution in [1.29, 1.82) is 5.26 Å². The maximum absolute atomic E-state index is 11.8. The number of amides is 1. The van der Waals surface area contributed by atoms with E-state index in [4.69, 9.17) is 11.0 Å². The van der Waals surface area contributed by atoms with Gasteiger partial charge in [0.2, 0.25) is 5.91 Å². The Kier molecular flexibility index (Phi) is 4.49. The van der Waals surface area contributed by atoms with Crippen LogP contribution < -0.4 is 11.3 Å². The lowest BCUT2D eigenvalue weighted by atomic mass is 10.2. The van der Waals surface area contributed by atoms with Crippen LogP contribution in [0.25, 0.3) is 0 Å². The molecule has 0 bridgehead atoms. The number of pyridine rings is 1. The van der Waals surface area contributed by atoms with Gasteiger partial charge in [-0.05, 0) is 13.0 Å². The third kappa shape index (κ3) is 3.63. The van der Waals surface area contributed by atoms with Crippen LogP contribution in [0.2, 0.25) is 0 Å². The molecule has 0 radical (unpaired) electrons. The number of carbonyl (C=O) groups excluding carboxylic acids is 1. The normalized spacial score (nSPS) is 11.6. The molecule has 0 aromatic carbocycles. The van der Waals surface area contributed by atoms with Crippen molar-refractivity contribution in [3.63, 3.8) is 0 Å². The molecule has 1 heterocycles. The molecule has 6 nitrogen and oxygen atoms in total. The van der Waals surface area contributed by atoms with Gasteiger partial charge in [-0.15, -0.1) is 0 Å². The summed E-state index contributed by atoms with van der Waals surface area (Å²) in [5.74, 6) is -0.471. The van der Waals surface area contributed by atoms with E-state index >= 15 is 0 Å². The number of likely N-dealkylation sites (N-methyl/N-ethyl adjacent to an activating group) is 1. The van der Waals surface area contributed by atoms with Gasteiger partial charge < -0.3 is 15.2 Å². The Morgan fingerprint density at radius 3 is 2.89 bits per heavy atom. The number of rotatable bonds is 4. The minimum absolute atomic E-state index is 0.0709. The Bertz CT molecular complexity index is 530. The summed E-state index contributed by atoms with van der Waals surface area (Å²) in [5.41, 5.74) is 5.70. The van der Waals surface area contributed by atoms with E-state index in [-0.39, 0.29) is 23.9 Å². The summed E-state index contributed by atoms with van der Waals surface area (Å²) in [6, 6.07) is 4.86. The van der Waals surface area contributed by atoms with Crippen molar-refractivity contribution in [1.82, 2.24) is 9.47 Å². The van der Waals surface area contributed by atoms with Crippen molar-refractivity contribution in [2.45, 2.75) is 13.5 Å². The molecule has 1 aromatic rings. The standard InChI is InChI=1S/C12H16N4O2/c1-9(5-13)6-15(2)12(18)8-16-7-10(14)3-4-11(16)17/h3-4,7,9H,6,8,14H2,1-2H3. The van der Waals surface area contributed by atoms with E-state index in [9.17, 15) is 9.59 Å². The van der Waals surface area contributed by atoms with Gasteiger partial charge in [-0.3, -0.25) is 9.59 Å². The molecule has 18 heavy (non-hydrogen) atoms. The maximum Gasteiger partial charge on any atom is 0.251 e. The van der Waals surface area contributed by atoms with Crippen LogP contribution in [0, 0.1) is 17.2 Å². The number of nitrogens with two attached hydrogens (primary N) is 1. The second-order valence-electron chi connectivity index (χ2n) is 4.23. The fourth-order valence-electron chi connectivity index (χ4n) is 1.49. The lowest BCUT2D eigenvalue weighted by Crippen LogP contribution is -2.35. The first-order chi connectivity index (χ1) is 8.43. The SMILES string of the molecule is CC(C#N)CN(C)C(=O)Cn1cc(N)ccc1=O. The van der Waals surface area contributed by atoms with Crippen molar-refractivity contribution >= 4 is 11.6 Å². The topological polar surface area (TPSA) is 92.1 Å². The Labute approximate surface area is 105 Å². The smallest absolute Gasteiger partial charge is 0.251 e. The molecule has 2 N–H and O–H groups in total. The second-order valence-corrected chi connectivity index (χ2v) is 4.23. The van der Waals surface area contributed by atoms with Crippen molar-refractivity contribution < 1.29 is 4.79 Å². The summed E-state index contributed by atoms with van der Waals surface area (Å²) < 4.78 is 1.26. The molecule has 0 fully saturated rings. The van der Waals surface area contributed by atoms with Crippen LogP contribution >= 0.6 is 0 Å². The molecule has 0 aliphatic rings. The molecular weight excluding hydrogens is 232 g/mol. The minimum Gasteiger partial charge on any atom is -0.398 e. The molecule has 1 rings (SSSR count). The van der Waals surface area contributed by atoms with Crippen LogP contribution in [-0.4, -0.2) is 29.0 Å². The minimum atomic E-state index is -0.278. The number of hydrogen-bond acceptors (Lipinski definition) is 4. The van der Waals surface area contributed by atoms with E-state index in [1.54, 1.807) is 14.0 Å². The van der Waals surface area contributed by atoms with Gasteiger partial charge in [-0.2, -0.15) is 5.26 Å². The molecule has 1 amide bonds. The number of anilines is 1. The number of nitrogen functional groups attached to an aromatic ring is 1. The van der Waals surface area contributed by atoms with E-state index in [1.807, 2.05) is 0 Å². The van der Waals surface area contributed by atoms with Gasteiger partial charge >= 0.3 is 0 Å². The molecular formula is C12H16N4O2. The maximum atomic E-state index is 11.8. The van der Waals surface area contributed by atoms with Crippen LogP contribution in [0.3, 0.4) is 0 Å². The fraction of sp³-hybridized carbons (Fsp3) is 0.417. The molecule has 1 unspecified atom stereocenters. The summed E-state index contributed by atoms with van der Waals surface area (Å²) in [4.78, 5) is 24.8. The van der Waals surface area contributed by atoms with Gasteiger partial charge in [0, 0.05) is 31.5 Å². The zero-order chi connectivity index (χ0) is 13.7. The number of carbonyl (C=O) groups is 1. The molecule has 0 saturated heterocycles. The largest absolute Gasteiger partial charge is 0.398 e. The van der Waals surface area contributed by atoms with Crippen LogP contribution in [0.15, 0.2) is 23.1 Å². The van der Waals surface area contributed by atoms with Gasteiger partial charge in [-0.1, -0.05) is 0 Å². The Morgan fingerprint density at radius 2 is 2.28 bits per heavy atom. The first kappa shape index (κ1) is 13.8. The van der Waals surface area contributed by atoms with Gasteiger partial charge in [0.05, 0.1) is 12.0 Å². The van der Waals surface area contributed by atoms with E-state index in [1.165, 1.54) is 27.8 Å². The molecule has 0 saturated carbocycles. The zero-order valence-corrected chi connectivity index (χ0v) is 10.5. The van der Waals surface area contributed by atoms with Gasteiger partial charge in [0.15, 0.2) is 0 Å². The number of hydrogen-bond donors (Lipinski definition) is 1. The third-order valence-corrected chi connectivity index (χ3v) is 2.51. The highest BCUT2D eigenvalue weighted by Crippen LogP contribution is 2.00. The highest BCUT2D eigenvalue weighted by molar-refractivity contribution is 5.75. The predicted molar refractivity (Wildman–Crippen MR) is 67.5 cm³/mol. The number of nitrogens with zero attached hydrogens (tertiary/aromatic N) is 3. The molecule has 0 spiro atoms. The summed E-state index contributed by atoms with van der Waals surface area (Å²) >= 11 is 0. The molecule has 1 atom stereocenters. The van der Waals surface area contributed by atoms with E-state index in [2.05, 4.69) is 6.07 Å². The van der Waals surface area contributed by atoms with Crippen LogP contribution in [-0.2, 0) is 11.3 Å². The molecule has 0 aliphatic heterocycles. The number of nitriles is 1. The highest BCUT2D eigenvalue weighted by Gasteiger charge is 2.13. The molecule has 96 valence electrons. The molecule has 1 aromatic heterocycles. The first-order valence-electron chi connectivity index (χ1n) is 5.53. The lowest BCUT2D eigenvalue weighted by Gasteiger charge is -2.18. The van der Waals surface area contributed by atoms with Gasteiger partial charge in [0.25, 0.3) is 5.56 Å². The summed E-state index contributed by atoms with van der Waals surface area (Å²) in [5, 5.41) is 8.68. The first-order valence-corrected chi connectivity index (χ1v) is 5.53. The predicted octanol–water partition coefficient (Wildman–Crippen LogP) is 0.0486. The van der Waals surface area contributed by atoms with Crippen molar-refractivity contribution in [2.24, 2.45) is 5.92 Å². The van der Waals surface area contributed by atoms with Crippen LogP contribution in [0.4, 0.5) is 5.69 Å². The van der Waals surface area contributed by atoms with Crippen LogP contribution in [0.5, 0.6) is 0 Å². The summed E-state index contributed by atoms with van der Waals surface area (Å²) in [6.07, 6.45) is 1.43. The number of aromatic nitrogens is 1. The van der Waals surface area contributed by atoms with E-state index < -0.39 is 0 Å². The van der Waals surface area contributed by atoms with Crippen molar-refractivity contribution in [2.75, 3.05) is 19.3 Å². The van der Waals surface area contributed by atoms with E-state index in [0.717, 1.165) is 0 Å². The van der Waals surface area contributed by atoms with Crippen LogP contribution in [0.1, 0.15) is 6.92 Å². The zero-order valence-electron chi connectivity index (χ0n) is 10.5. The lowest BCUT2D eigenvalue weighted by molar-refractivity contribution is -0.130. The van der Waals surface area contributed by atoms with Crippen molar-refractivity contribution in [3.05, 3.63) is 28.7 Å². The fourth-order valence-corrected chi connectivity index (χ4v) is 1.49.